The van der Waals surface area contributed by atoms with Crippen molar-refractivity contribution in [1.82, 2.24) is 14.3 Å². The van der Waals surface area contributed by atoms with Gasteiger partial charge < -0.3 is 10.3 Å². The lowest BCUT2D eigenvalue weighted by atomic mass is 10.2. The van der Waals surface area contributed by atoms with Crippen LogP contribution in [0.3, 0.4) is 0 Å². The van der Waals surface area contributed by atoms with Crippen LogP contribution in [0, 0.1) is 5.82 Å². The summed E-state index contributed by atoms with van der Waals surface area (Å²) in [6.45, 7) is 0. The van der Waals surface area contributed by atoms with Crippen LogP contribution < -0.4 is 5.73 Å². The zero-order valence-electron chi connectivity index (χ0n) is 10.2. The van der Waals surface area contributed by atoms with Gasteiger partial charge in [-0.2, -0.15) is 5.10 Å². The highest BCUT2D eigenvalue weighted by atomic mass is 19.1. The second kappa shape index (κ2) is 3.60. The van der Waals surface area contributed by atoms with Gasteiger partial charge in [0, 0.05) is 31.1 Å². The van der Waals surface area contributed by atoms with Crippen LogP contribution in [0.2, 0.25) is 0 Å². The molecule has 0 saturated carbocycles. The van der Waals surface area contributed by atoms with E-state index < -0.39 is 0 Å². The van der Waals surface area contributed by atoms with Crippen LogP contribution in [0.5, 0.6) is 0 Å². The fourth-order valence-corrected chi connectivity index (χ4v) is 2.17. The number of hydrogen-bond acceptors (Lipinski definition) is 2. The van der Waals surface area contributed by atoms with Crippen molar-refractivity contribution in [1.29, 1.82) is 0 Å². The third-order valence-corrected chi connectivity index (χ3v) is 3.18. The highest BCUT2D eigenvalue weighted by Gasteiger charge is 2.12. The van der Waals surface area contributed by atoms with Gasteiger partial charge in [0.2, 0.25) is 0 Å². The maximum atomic E-state index is 13.2. The molecule has 0 bridgehead atoms. The van der Waals surface area contributed by atoms with Gasteiger partial charge in [0.05, 0.1) is 5.69 Å². The minimum atomic E-state index is -0.236. The smallest absolute Gasteiger partial charge is 0.123 e. The predicted octanol–water partition coefficient (Wildman–Crippen LogP) is 2.30. The average Bonchev–Trinajstić information content (AvgIpc) is 2.81. The van der Waals surface area contributed by atoms with E-state index in [1.165, 1.54) is 12.1 Å². The van der Waals surface area contributed by atoms with E-state index in [0.29, 0.717) is 5.82 Å². The molecule has 5 heteroatoms. The van der Waals surface area contributed by atoms with E-state index >= 15 is 0 Å². The molecule has 4 nitrogen and oxygen atoms in total. The largest absolute Gasteiger partial charge is 0.384 e. The van der Waals surface area contributed by atoms with Crippen LogP contribution >= 0.6 is 0 Å². The summed E-state index contributed by atoms with van der Waals surface area (Å²) in [7, 11) is 3.72. The molecular formula is C13H13FN4. The quantitative estimate of drug-likeness (QED) is 0.714. The number of aryl methyl sites for hydroxylation is 2. The van der Waals surface area contributed by atoms with E-state index in [0.717, 1.165) is 22.3 Å². The van der Waals surface area contributed by atoms with Crippen LogP contribution in [-0.2, 0) is 14.1 Å². The van der Waals surface area contributed by atoms with Crippen molar-refractivity contribution in [2.24, 2.45) is 14.1 Å². The third-order valence-electron chi connectivity index (χ3n) is 3.18. The topological polar surface area (TPSA) is 48.8 Å². The number of hydrogen-bond donors (Lipinski definition) is 1. The number of halogens is 1. The zero-order valence-corrected chi connectivity index (χ0v) is 10.2. The third kappa shape index (κ3) is 1.48. The maximum absolute atomic E-state index is 13.2. The normalized spacial score (nSPS) is 11.3. The number of rotatable bonds is 1. The second-order valence-corrected chi connectivity index (χ2v) is 4.37. The van der Waals surface area contributed by atoms with Gasteiger partial charge in [-0.05, 0) is 24.3 Å². The molecule has 2 aromatic heterocycles. The summed E-state index contributed by atoms with van der Waals surface area (Å²) in [5, 5.41) is 5.19. The van der Waals surface area contributed by atoms with E-state index in [-0.39, 0.29) is 5.82 Å². The van der Waals surface area contributed by atoms with Crippen LogP contribution in [0.1, 0.15) is 0 Å². The minimum absolute atomic E-state index is 0.236. The number of nitrogens with zero attached hydrogens (tertiary/aromatic N) is 3. The fraction of sp³-hybridized carbons (Fsp3) is 0.154. The SMILES string of the molecule is Cn1nc(-c2cc3cc(F)ccc3n2C)cc1N. The molecule has 2 heterocycles. The molecule has 2 N–H and O–H groups in total. The first kappa shape index (κ1) is 10.8. The van der Waals surface area contributed by atoms with E-state index in [2.05, 4.69) is 5.10 Å². The molecule has 0 aliphatic heterocycles. The molecule has 1 aromatic carbocycles. The molecule has 0 spiro atoms. The lowest BCUT2D eigenvalue weighted by Crippen LogP contribution is -1.97. The summed E-state index contributed by atoms with van der Waals surface area (Å²) >= 11 is 0. The summed E-state index contributed by atoms with van der Waals surface area (Å²) < 4.78 is 16.8. The first-order chi connectivity index (χ1) is 8.56. The Balaban J connectivity index is 2.26. The van der Waals surface area contributed by atoms with Gasteiger partial charge in [-0.3, -0.25) is 4.68 Å². The summed E-state index contributed by atoms with van der Waals surface area (Å²) in [5.74, 6) is 0.363. The number of fused-ring (bicyclic) bond motifs is 1. The Labute approximate surface area is 103 Å². The Morgan fingerprint density at radius 3 is 2.61 bits per heavy atom. The van der Waals surface area contributed by atoms with Crippen LogP contribution in [0.25, 0.3) is 22.3 Å². The number of anilines is 1. The molecule has 0 fully saturated rings. The maximum Gasteiger partial charge on any atom is 0.123 e. The van der Waals surface area contributed by atoms with E-state index in [1.807, 2.05) is 23.7 Å². The lowest BCUT2D eigenvalue weighted by Gasteiger charge is -2.00. The molecular weight excluding hydrogens is 231 g/mol. The number of benzene rings is 1. The van der Waals surface area contributed by atoms with Gasteiger partial charge in [0.25, 0.3) is 0 Å². The monoisotopic (exact) mass is 244 g/mol. The summed E-state index contributed by atoms with van der Waals surface area (Å²) in [5.41, 5.74) is 8.45. The van der Waals surface area contributed by atoms with Crippen LogP contribution in [0.4, 0.5) is 10.2 Å². The standard InChI is InChI=1S/C13H13FN4/c1-17-11-4-3-9(14)5-8(11)6-12(17)10-7-13(15)18(2)16-10/h3-7H,15H2,1-2H3. The van der Waals surface area contributed by atoms with Gasteiger partial charge in [-0.25, -0.2) is 4.39 Å². The van der Waals surface area contributed by atoms with Crippen LogP contribution in [0.15, 0.2) is 30.3 Å². The second-order valence-electron chi connectivity index (χ2n) is 4.37. The van der Waals surface area contributed by atoms with Gasteiger partial charge in [-0.15, -0.1) is 0 Å². The summed E-state index contributed by atoms with van der Waals surface area (Å²) in [4.78, 5) is 0. The highest BCUT2D eigenvalue weighted by Crippen LogP contribution is 2.27. The Hall–Kier alpha value is -2.30. The molecule has 0 radical (unpaired) electrons. The lowest BCUT2D eigenvalue weighted by molar-refractivity contribution is 0.629. The highest BCUT2D eigenvalue weighted by molar-refractivity contribution is 5.86. The molecule has 3 rings (SSSR count). The van der Waals surface area contributed by atoms with Crippen molar-refractivity contribution in [3.63, 3.8) is 0 Å². The average molecular weight is 244 g/mol. The number of aromatic nitrogens is 3. The molecule has 0 atom stereocenters. The summed E-state index contributed by atoms with van der Waals surface area (Å²) in [6, 6.07) is 8.47. The van der Waals surface area contributed by atoms with E-state index in [1.54, 1.807) is 17.8 Å². The predicted molar refractivity (Wildman–Crippen MR) is 69.5 cm³/mol. The molecule has 92 valence electrons. The van der Waals surface area contributed by atoms with Crippen molar-refractivity contribution in [3.8, 4) is 11.4 Å². The Kier molecular flexibility index (Phi) is 2.16. The molecule has 3 aromatic rings. The van der Waals surface area contributed by atoms with E-state index in [4.69, 9.17) is 5.73 Å². The van der Waals surface area contributed by atoms with Crippen molar-refractivity contribution >= 4 is 16.7 Å². The van der Waals surface area contributed by atoms with E-state index in [9.17, 15) is 4.39 Å². The molecule has 0 aliphatic carbocycles. The first-order valence-corrected chi connectivity index (χ1v) is 5.61. The summed E-state index contributed by atoms with van der Waals surface area (Å²) in [6.07, 6.45) is 0. The Morgan fingerprint density at radius 1 is 1.17 bits per heavy atom. The zero-order chi connectivity index (χ0) is 12.9. The van der Waals surface area contributed by atoms with Gasteiger partial charge in [-0.1, -0.05) is 0 Å². The van der Waals surface area contributed by atoms with Crippen molar-refractivity contribution in [2.75, 3.05) is 5.73 Å². The van der Waals surface area contributed by atoms with Crippen LogP contribution in [-0.4, -0.2) is 14.3 Å². The van der Waals surface area contributed by atoms with Crippen molar-refractivity contribution in [2.45, 2.75) is 0 Å². The minimum Gasteiger partial charge on any atom is -0.384 e. The number of nitrogens with two attached hydrogens (primary N) is 1. The first-order valence-electron chi connectivity index (χ1n) is 5.61. The Morgan fingerprint density at radius 2 is 1.94 bits per heavy atom. The Bertz CT molecular complexity index is 719. The fourth-order valence-electron chi connectivity index (χ4n) is 2.17. The molecule has 0 aliphatic rings. The van der Waals surface area contributed by atoms with Crippen molar-refractivity contribution < 1.29 is 4.39 Å². The van der Waals surface area contributed by atoms with Gasteiger partial charge in [0.1, 0.15) is 17.3 Å². The van der Waals surface area contributed by atoms with Gasteiger partial charge >= 0.3 is 0 Å². The molecule has 0 saturated heterocycles. The molecule has 0 amide bonds. The molecule has 0 unspecified atom stereocenters. The van der Waals surface area contributed by atoms with Gasteiger partial charge in [0.15, 0.2) is 0 Å². The number of nitrogen functional groups attached to an aromatic ring is 1. The van der Waals surface area contributed by atoms with Crippen molar-refractivity contribution in [3.05, 3.63) is 36.1 Å². The molecule has 18 heavy (non-hydrogen) atoms.